The molecule has 22 heavy (non-hydrogen) atoms. The van der Waals surface area contributed by atoms with Crippen LogP contribution in [-0.4, -0.2) is 36.0 Å². The molecule has 0 radical (unpaired) electrons. The molecule has 0 bridgehead atoms. The molecule has 0 spiro atoms. The topological polar surface area (TPSA) is 86.5 Å². The highest BCUT2D eigenvalue weighted by molar-refractivity contribution is 5.81. The number of carbonyl (C=O) groups is 1. The van der Waals surface area contributed by atoms with Crippen LogP contribution in [0.2, 0.25) is 0 Å². The number of hydrogen-bond acceptors (Lipinski definition) is 6. The molecule has 116 valence electrons. The van der Waals surface area contributed by atoms with Crippen molar-refractivity contribution in [3.63, 3.8) is 0 Å². The van der Waals surface area contributed by atoms with Gasteiger partial charge < -0.3 is 14.8 Å². The third kappa shape index (κ3) is 3.09. The first kappa shape index (κ1) is 14.5. The average Bonchev–Trinajstić information content (AvgIpc) is 3.24. The minimum absolute atomic E-state index is 0.124. The molecule has 1 atom stereocenters. The number of carbonyl (C=O) groups excluding carboxylic acids is 1. The number of rotatable bonds is 5. The molecule has 1 fully saturated rings. The molecule has 7 heteroatoms. The van der Waals surface area contributed by atoms with E-state index < -0.39 is 0 Å². The van der Waals surface area contributed by atoms with Crippen LogP contribution < -0.4 is 10.1 Å². The molecule has 0 saturated carbocycles. The van der Waals surface area contributed by atoms with Gasteiger partial charge in [0.05, 0.1) is 13.7 Å². The standard InChI is InChI=1S/C15H17N3O4/c1-20-11-6-4-10(5-7-11)14-12(17-22-18-14)9-16-15(19)13-3-2-8-21-13/h4-7,13H,2-3,8-9H2,1H3,(H,16,19). The minimum Gasteiger partial charge on any atom is -0.497 e. The first-order valence-corrected chi connectivity index (χ1v) is 7.13. The molecular weight excluding hydrogens is 286 g/mol. The maximum atomic E-state index is 11.9. The van der Waals surface area contributed by atoms with E-state index in [1.54, 1.807) is 7.11 Å². The van der Waals surface area contributed by atoms with Gasteiger partial charge in [0, 0.05) is 12.2 Å². The number of nitrogens with zero attached hydrogens (tertiary/aromatic N) is 2. The Balaban J connectivity index is 1.67. The molecule has 1 aromatic carbocycles. The van der Waals surface area contributed by atoms with E-state index in [1.165, 1.54) is 0 Å². The minimum atomic E-state index is -0.357. The molecule has 1 saturated heterocycles. The smallest absolute Gasteiger partial charge is 0.249 e. The maximum Gasteiger partial charge on any atom is 0.249 e. The van der Waals surface area contributed by atoms with Gasteiger partial charge in [-0.15, -0.1) is 0 Å². The summed E-state index contributed by atoms with van der Waals surface area (Å²) in [5.74, 6) is 0.634. The molecule has 1 aliphatic heterocycles. The number of aromatic nitrogens is 2. The number of hydrogen-bond donors (Lipinski definition) is 1. The zero-order valence-electron chi connectivity index (χ0n) is 12.2. The lowest BCUT2D eigenvalue weighted by molar-refractivity contribution is -0.130. The van der Waals surface area contributed by atoms with Crippen molar-refractivity contribution in [1.82, 2.24) is 15.6 Å². The molecule has 2 heterocycles. The third-order valence-corrected chi connectivity index (χ3v) is 3.57. The Hall–Kier alpha value is -2.41. The van der Waals surface area contributed by atoms with Crippen molar-refractivity contribution >= 4 is 5.91 Å². The second kappa shape index (κ2) is 6.57. The number of amides is 1. The molecule has 1 amide bonds. The van der Waals surface area contributed by atoms with Crippen molar-refractivity contribution in [2.75, 3.05) is 13.7 Å². The molecule has 1 aromatic heterocycles. The van der Waals surface area contributed by atoms with Crippen LogP contribution in [0.3, 0.4) is 0 Å². The summed E-state index contributed by atoms with van der Waals surface area (Å²) in [5, 5.41) is 10.6. The van der Waals surface area contributed by atoms with Gasteiger partial charge in [0.2, 0.25) is 5.91 Å². The summed E-state index contributed by atoms with van der Waals surface area (Å²) in [6.07, 6.45) is 1.32. The predicted octanol–water partition coefficient (Wildman–Crippen LogP) is 1.54. The summed E-state index contributed by atoms with van der Waals surface area (Å²) in [5.41, 5.74) is 2.04. The molecular formula is C15H17N3O4. The first-order chi connectivity index (χ1) is 10.8. The van der Waals surface area contributed by atoms with Crippen LogP contribution in [0, 0.1) is 0 Å². The van der Waals surface area contributed by atoms with Crippen molar-refractivity contribution in [3.05, 3.63) is 30.0 Å². The van der Waals surface area contributed by atoms with Gasteiger partial charge in [-0.05, 0) is 42.3 Å². The van der Waals surface area contributed by atoms with Crippen molar-refractivity contribution in [2.45, 2.75) is 25.5 Å². The van der Waals surface area contributed by atoms with Gasteiger partial charge in [0.25, 0.3) is 0 Å². The van der Waals surface area contributed by atoms with E-state index in [0.29, 0.717) is 18.0 Å². The highest BCUT2D eigenvalue weighted by Gasteiger charge is 2.24. The fraction of sp³-hybridized carbons (Fsp3) is 0.400. The second-order valence-electron chi connectivity index (χ2n) is 5.01. The Morgan fingerprint density at radius 3 is 2.86 bits per heavy atom. The van der Waals surface area contributed by atoms with E-state index in [2.05, 4.69) is 15.6 Å². The number of nitrogens with one attached hydrogen (secondary N) is 1. The molecule has 1 unspecified atom stereocenters. The lowest BCUT2D eigenvalue weighted by Gasteiger charge is -2.09. The molecule has 7 nitrogen and oxygen atoms in total. The van der Waals surface area contributed by atoms with Crippen molar-refractivity contribution in [2.24, 2.45) is 0 Å². The van der Waals surface area contributed by atoms with Crippen molar-refractivity contribution in [3.8, 4) is 17.0 Å². The molecule has 1 aliphatic rings. The van der Waals surface area contributed by atoms with E-state index in [4.69, 9.17) is 14.1 Å². The Bertz CT molecular complexity index is 632. The van der Waals surface area contributed by atoms with E-state index in [0.717, 1.165) is 24.2 Å². The van der Waals surface area contributed by atoms with Gasteiger partial charge in [-0.3, -0.25) is 4.79 Å². The Kier molecular flexibility index (Phi) is 4.34. The number of benzene rings is 1. The SMILES string of the molecule is COc1ccc(-c2nonc2CNC(=O)C2CCCO2)cc1. The average molecular weight is 303 g/mol. The number of ether oxygens (including phenoxy) is 2. The highest BCUT2D eigenvalue weighted by atomic mass is 16.6. The lowest BCUT2D eigenvalue weighted by atomic mass is 10.1. The Morgan fingerprint density at radius 1 is 1.36 bits per heavy atom. The van der Waals surface area contributed by atoms with Crippen LogP contribution in [-0.2, 0) is 16.1 Å². The maximum absolute atomic E-state index is 11.9. The Morgan fingerprint density at radius 2 is 2.18 bits per heavy atom. The summed E-state index contributed by atoms with van der Waals surface area (Å²) in [6.45, 7) is 0.893. The van der Waals surface area contributed by atoms with Crippen molar-refractivity contribution < 1.29 is 18.9 Å². The zero-order chi connectivity index (χ0) is 15.4. The van der Waals surface area contributed by atoms with Crippen molar-refractivity contribution in [1.29, 1.82) is 0 Å². The highest BCUT2D eigenvalue weighted by Crippen LogP contribution is 2.23. The largest absolute Gasteiger partial charge is 0.497 e. The van der Waals surface area contributed by atoms with Crippen LogP contribution in [0.4, 0.5) is 0 Å². The zero-order valence-corrected chi connectivity index (χ0v) is 12.2. The van der Waals surface area contributed by atoms with E-state index in [1.807, 2.05) is 24.3 Å². The van der Waals surface area contributed by atoms with E-state index in [-0.39, 0.29) is 18.6 Å². The van der Waals surface area contributed by atoms with Crippen LogP contribution >= 0.6 is 0 Å². The fourth-order valence-corrected chi connectivity index (χ4v) is 2.36. The summed E-state index contributed by atoms with van der Waals surface area (Å²) in [7, 11) is 1.61. The molecule has 3 rings (SSSR count). The first-order valence-electron chi connectivity index (χ1n) is 7.13. The van der Waals surface area contributed by atoms with Gasteiger partial charge in [-0.25, -0.2) is 4.63 Å². The van der Waals surface area contributed by atoms with E-state index >= 15 is 0 Å². The summed E-state index contributed by atoms with van der Waals surface area (Å²) in [6, 6.07) is 7.39. The fourth-order valence-electron chi connectivity index (χ4n) is 2.36. The van der Waals surface area contributed by atoms with Crippen LogP contribution in [0.25, 0.3) is 11.3 Å². The molecule has 1 N–H and O–H groups in total. The summed E-state index contributed by atoms with van der Waals surface area (Å²) >= 11 is 0. The van der Waals surface area contributed by atoms with Gasteiger partial charge in [-0.1, -0.05) is 5.16 Å². The summed E-state index contributed by atoms with van der Waals surface area (Å²) < 4.78 is 15.3. The normalized spacial score (nSPS) is 17.4. The molecule has 0 aliphatic carbocycles. The van der Waals surface area contributed by atoms with Gasteiger partial charge in [0.1, 0.15) is 23.2 Å². The Labute approximate surface area is 127 Å². The summed E-state index contributed by atoms with van der Waals surface area (Å²) in [4.78, 5) is 11.9. The predicted molar refractivity (Wildman–Crippen MR) is 77.1 cm³/mol. The van der Waals surface area contributed by atoms with E-state index in [9.17, 15) is 4.79 Å². The molecule has 2 aromatic rings. The van der Waals surface area contributed by atoms with Gasteiger partial charge in [0.15, 0.2) is 0 Å². The van der Waals surface area contributed by atoms with Gasteiger partial charge in [-0.2, -0.15) is 0 Å². The van der Waals surface area contributed by atoms with Gasteiger partial charge >= 0.3 is 0 Å². The third-order valence-electron chi connectivity index (χ3n) is 3.57. The van der Waals surface area contributed by atoms with Crippen LogP contribution in [0.15, 0.2) is 28.9 Å². The number of methoxy groups -OCH3 is 1. The van der Waals surface area contributed by atoms with Crippen LogP contribution in [0.1, 0.15) is 18.5 Å². The monoisotopic (exact) mass is 303 g/mol. The second-order valence-corrected chi connectivity index (χ2v) is 5.01. The van der Waals surface area contributed by atoms with Crippen LogP contribution in [0.5, 0.6) is 5.75 Å². The quantitative estimate of drug-likeness (QED) is 0.901. The lowest BCUT2D eigenvalue weighted by Crippen LogP contribution is -2.33.